The van der Waals surface area contributed by atoms with Crippen molar-refractivity contribution in [3.05, 3.63) is 47.0 Å². The maximum absolute atomic E-state index is 12.3. The molecule has 1 amide bonds. The fourth-order valence-corrected chi connectivity index (χ4v) is 3.04. The monoisotopic (exact) mass is 378 g/mol. The minimum Gasteiger partial charge on any atom is -0.480 e. The van der Waals surface area contributed by atoms with Crippen molar-refractivity contribution in [3.8, 4) is 11.7 Å². The lowest BCUT2D eigenvalue weighted by Gasteiger charge is -2.07. The first-order valence-electron chi connectivity index (χ1n) is 7.22. The van der Waals surface area contributed by atoms with Crippen molar-refractivity contribution in [3.63, 3.8) is 0 Å². The first-order valence-corrected chi connectivity index (χ1v) is 8.41. The Kier molecular flexibility index (Phi) is 4.95. The molecule has 1 N–H and O–H groups in total. The number of nitrogens with one attached hydrogen (secondary N) is 1. The van der Waals surface area contributed by atoms with E-state index in [1.807, 2.05) is 20.2 Å². The van der Waals surface area contributed by atoms with Gasteiger partial charge >= 0.3 is 0 Å². The van der Waals surface area contributed by atoms with Gasteiger partial charge in [-0.3, -0.25) is 14.2 Å². The summed E-state index contributed by atoms with van der Waals surface area (Å²) in [5.41, 5.74) is 1.11. The van der Waals surface area contributed by atoms with Gasteiger partial charge in [0.1, 0.15) is 5.15 Å². The summed E-state index contributed by atoms with van der Waals surface area (Å²) in [6.45, 7) is 1.87. The van der Waals surface area contributed by atoms with Gasteiger partial charge in [-0.2, -0.15) is 5.10 Å². The maximum Gasteiger partial charge on any atom is 0.264 e. The van der Waals surface area contributed by atoms with Gasteiger partial charge < -0.3 is 4.74 Å². The van der Waals surface area contributed by atoms with Crippen molar-refractivity contribution in [2.75, 3.05) is 7.11 Å². The van der Waals surface area contributed by atoms with E-state index in [9.17, 15) is 4.79 Å². The zero-order valence-corrected chi connectivity index (χ0v) is 15.3. The average Bonchev–Trinajstić information content (AvgIpc) is 3.18. The predicted molar refractivity (Wildman–Crippen MR) is 94.2 cm³/mol. The van der Waals surface area contributed by atoms with E-state index in [1.165, 1.54) is 23.7 Å². The summed E-state index contributed by atoms with van der Waals surface area (Å²) in [7, 11) is 3.35. The molecule has 3 heterocycles. The topological polar surface area (TPSA) is 86.9 Å². The van der Waals surface area contributed by atoms with Crippen LogP contribution in [0.5, 0.6) is 5.88 Å². The molecule has 0 aliphatic heterocycles. The molecule has 3 aromatic rings. The molecule has 0 fully saturated rings. The summed E-state index contributed by atoms with van der Waals surface area (Å²) in [6.07, 6.45) is 3.52. The lowest BCUT2D eigenvalue weighted by Crippen LogP contribution is -2.17. The van der Waals surface area contributed by atoms with Crippen molar-refractivity contribution in [1.29, 1.82) is 0 Å². The van der Waals surface area contributed by atoms with E-state index in [0.717, 1.165) is 10.6 Å². The second-order valence-electron chi connectivity index (χ2n) is 5.10. The van der Waals surface area contributed by atoms with Crippen LogP contribution in [-0.4, -0.2) is 37.6 Å². The molecule has 130 valence electrons. The molecule has 0 saturated carbocycles. The Hall–Kier alpha value is -2.52. The third kappa shape index (κ3) is 3.77. The highest BCUT2D eigenvalue weighted by Gasteiger charge is 2.15. The van der Waals surface area contributed by atoms with E-state index >= 15 is 0 Å². The maximum atomic E-state index is 12.3. The highest BCUT2D eigenvalue weighted by Crippen LogP contribution is 2.21. The number of halogens is 1. The zero-order chi connectivity index (χ0) is 18.0. The van der Waals surface area contributed by atoms with E-state index < -0.39 is 0 Å². The molecule has 8 nitrogen and oxygen atoms in total. The first-order chi connectivity index (χ1) is 12.0. The Bertz CT molecular complexity index is 923. The normalized spacial score (nSPS) is 10.7. The fraction of sp³-hybridized carbons (Fsp3) is 0.200. The van der Waals surface area contributed by atoms with Crippen molar-refractivity contribution >= 4 is 29.5 Å². The number of aromatic nitrogens is 5. The minimum absolute atomic E-state index is 0.0907. The Morgan fingerprint density at radius 3 is 2.72 bits per heavy atom. The fourth-order valence-electron chi connectivity index (χ4n) is 2.10. The molecule has 0 aliphatic carbocycles. The molecule has 3 aromatic heterocycles. The molecule has 0 saturated heterocycles. The molecule has 0 bridgehead atoms. The molecule has 3 rings (SSSR count). The SMILES string of the molecule is COc1ccn(-c2ccc(C(=O)NSc3cn(C)nc3C)c(Cl)n2)n1. The molecule has 0 unspecified atom stereocenters. The standard InChI is InChI=1S/C15H15ClN6O2S/c1-9-11(8-21(2)18-9)25-20-15(23)10-4-5-12(17-14(10)16)22-7-6-13(19-22)24-3/h4-8H,1-3H3,(H,20,23). The second-order valence-corrected chi connectivity index (χ2v) is 6.30. The van der Waals surface area contributed by atoms with Gasteiger partial charge in [0.2, 0.25) is 5.88 Å². The molecular formula is C15H15ClN6O2S. The highest BCUT2D eigenvalue weighted by molar-refractivity contribution is 7.98. The number of aryl methyl sites for hydroxylation is 2. The minimum atomic E-state index is -0.338. The molecule has 0 spiro atoms. The van der Waals surface area contributed by atoms with Crippen molar-refractivity contribution in [2.45, 2.75) is 11.8 Å². The molecule has 0 aromatic carbocycles. The van der Waals surface area contributed by atoms with Crippen LogP contribution in [0.4, 0.5) is 0 Å². The molecule has 0 aliphatic rings. The van der Waals surface area contributed by atoms with Crippen LogP contribution in [0, 0.1) is 6.92 Å². The quantitative estimate of drug-likeness (QED) is 0.542. The van der Waals surface area contributed by atoms with E-state index in [2.05, 4.69) is 19.9 Å². The summed E-state index contributed by atoms with van der Waals surface area (Å²) in [5.74, 6) is 0.610. The zero-order valence-electron chi connectivity index (χ0n) is 13.7. The van der Waals surface area contributed by atoms with Crippen molar-refractivity contribution in [1.82, 2.24) is 29.3 Å². The number of rotatable bonds is 5. The lowest BCUT2D eigenvalue weighted by atomic mass is 10.3. The van der Waals surface area contributed by atoms with Gasteiger partial charge in [-0.1, -0.05) is 11.6 Å². The van der Waals surface area contributed by atoms with E-state index in [1.54, 1.807) is 29.1 Å². The Morgan fingerprint density at radius 2 is 2.12 bits per heavy atom. The molecule has 0 radical (unpaired) electrons. The predicted octanol–water partition coefficient (Wildman–Crippen LogP) is 2.41. The third-order valence-electron chi connectivity index (χ3n) is 3.31. The number of amides is 1. The number of pyridine rings is 1. The van der Waals surface area contributed by atoms with E-state index in [-0.39, 0.29) is 16.6 Å². The number of methoxy groups -OCH3 is 1. The second kappa shape index (κ2) is 7.16. The van der Waals surface area contributed by atoms with Gasteiger partial charge in [0.15, 0.2) is 5.82 Å². The summed E-state index contributed by atoms with van der Waals surface area (Å²) in [5, 5.41) is 8.47. The van der Waals surface area contributed by atoms with Crippen LogP contribution in [-0.2, 0) is 7.05 Å². The van der Waals surface area contributed by atoms with Crippen LogP contribution in [0.2, 0.25) is 5.15 Å². The number of ether oxygens (including phenoxy) is 1. The highest BCUT2D eigenvalue weighted by atomic mass is 35.5. The lowest BCUT2D eigenvalue weighted by molar-refractivity contribution is 0.0984. The summed E-state index contributed by atoms with van der Waals surface area (Å²) in [4.78, 5) is 17.4. The number of hydrogen-bond acceptors (Lipinski definition) is 6. The number of carbonyl (C=O) groups excluding carboxylic acids is 1. The Morgan fingerprint density at radius 1 is 1.32 bits per heavy atom. The van der Waals surface area contributed by atoms with Crippen LogP contribution >= 0.6 is 23.5 Å². The van der Waals surface area contributed by atoms with Crippen LogP contribution in [0.1, 0.15) is 16.1 Å². The largest absolute Gasteiger partial charge is 0.480 e. The van der Waals surface area contributed by atoms with Crippen LogP contribution in [0.25, 0.3) is 5.82 Å². The number of nitrogens with zero attached hydrogens (tertiary/aromatic N) is 5. The van der Waals surface area contributed by atoms with Crippen molar-refractivity contribution < 1.29 is 9.53 Å². The van der Waals surface area contributed by atoms with E-state index in [0.29, 0.717) is 11.7 Å². The van der Waals surface area contributed by atoms with Gasteiger partial charge in [-0.15, -0.1) is 5.10 Å². The Balaban J connectivity index is 1.73. The molecule has 25 heavy (non-hydrogen) atoms. The van der Waals surface area contributed by atoms with Crippen LogP contribution in [0.15, 0.2) is 35.5 Å². The first kappa shape index (κ1) is 17.3. The van der Waals surface area contributed by atoms with Gasteiger partial charge in [-0.05, 0) is 31.0 Å². The number of hydrogen-bond donors (Lipinski definition) is 1. The number of carbonyl (C=O) groups is 1. The van der Waals surface area contributed by atoms with Gasteiger partial charge in [0.25, 0.3) is 5.91 Å². The molecular weight excluding hydrogens is 364 g/mol. The van der Waals surface area contributed by atoms with Crippen molar-refractivity contribution in [2.24, 2.45) is 7.05 Å². The smallest absolute Gasteiger partial charge is 0.264 e. The third-order valence-corrected chi connectivity index (χ3v) is 4.51. The summed E-state index contributed by atoms with van der Waals surface area (Å²) < 4.78 is 11.0. The van der Waals surface area contributed by atoms with Crippen LogP contribution < -0.4 is 9.46 Å². The summed E-state index contributed by atoms with van der Waals surface area (Å²) >= 11 is 7.34. The van der Waals surface area contributed by atoms with Gasteiger partial charge in [0.05, 0.1) is 23.3 Å². The van der Waals surface area contributed by atoms with Gasteiger partial charge in [-0.25, -0.2) is 9.67 Å². The van der Waals surface area contributed by atoms with Crippen LogP contribution in [0.3, 0.4) is 0 Å². The van der Waals surface area contributed by atoms with E-state index in [4.69, 9.17) is 16.3 Å². The molecule has 0 atom stereocenters. The summed E-state index contributed by atoms with van der Waals surface area (Å²) in [6, 6.07) is 4.96. The average molecular weight is 379 g/mol. The Labute approximate surface area is 153 Å². The van der Waals surface area contributed by atoms with Gasteiger partial charge in [0, 0.05) is 25.5 Å². The molecule has 10 heteroatoms.